The maximum absolute atomic E-state index is 14.1. The summed E-state index contributed by atoms with van der Waals surface area (Å²) in [5.41, 5.74) is 0.414. The van der Waals surface area contributed by atoms with Crippen molar-refractivity contribution in [3.63, 3.8) is 0 Å². The molecule has 4 aromatic rings. The van der Waals surface area contributed by atoms with Crippen molar-refractivity contribution in [1.82, 2.24) is 20.2 Å². The fourth-order valence-corrected chi connectivity index (χ4v) is 3.89. The Balaban J connectivity index is 1.85. The summed E-state index contributed by atoms with van der Waals surface area (Å²) < 4.78 is 62.2. The fourth-order valence-electron chi connectivity index (χ4n) is 3.03. The number of fused-ring (bicyclic) bond motifs is 1. The summed E-state index contributed by atoms with van der Waals surface area (Å²) in [6.45, 7) is -0.993. The number of nitrogens with one attached hydrogen (secondary N) is 1. The Morgan fingerprint density at radius 3 is 2.63 bits per heavy atom. The van der Waals surface area contributed by atoms with Crippen LogP contribution in [0.2, 0.25) is 5.02 Å². The first-order valence-electron chi connectivity index (χ1n) is 9.87. The van der Waals surface area contributed by atoms with Crippen LogP contribution in [-0.4, -0.2) is 64.4 Å². The van der Waals surface area contributed by atoms with E-state index in [2.05, 4.69) is 20.2 Å². The molecule has 0 radical (unpaired) electrons. The maximum Gasteiger partial charge on any atom is 0.327 e. The van der Waals surface area contributed by atoms with Gasteiger partial charge < -0.3 is 19.7 Å². The first kappa shape index (κ1) is 24.7. The summed E-state index contributed by atoms with van der Waals surface area (Å²) in [5, 5.41) is 25.9. The van der Waals surface area contributed by atoms with Gasteiger partial charge in [-0.1, -0.05) is 11.6 Å². The van der Waals surface area contributed by atoms with Crippen molar-refractivity contribution in [3.8, 4) is 28.9 Å². The van der Waals surface area contributed by atoms with Crippen LogP contribution in [-0.2, 0) is 9.84 Å². The second-order valence-electron chi connectivity index (χ2n) is 7.35. The lowest BCUT2D eigenvalue weighted by molar-refractivity contribution is 0.0525. The number of aliphatic hydroxyl groups excluding tert-OH is 2. The van der Waals surface area contributed by atoms with E-state index in [0.29, 0.717) is 6.07 Å². The molecule has 0 aliphatic carbocycles. The first-order chi connectivity index (χ1) is 16.6. The van der Waals surface area contributed by atoms with Crippen molar-refractivity contribution < 1.29 is 36.9 Å². The van der Waals surface area contributed by atoms with E-state index in [1.165, 1.54) is 18.2 Å². The van der Waals surface area contributed by atoms with E-state index in [0.717, 1.165) is 18.4 Å². The molecule has 10 nitrogen and oxygen atoms in total. The number of sulfone groups is 1. The molecule has 2 aromatic carbocycles. The predicted octanol–water partition coefficient (Wildman–Crippen LogP) is 2.88. The topological polar surface area (TPSA) is 148 Å². The summed E-state index contributed by atoms with van der Waals surface area (Å²) in [4.78, 5) is 8.19. The lowest BCUT2D eigenvalue weighted by Crippen LogP contribution is -2.21. The number of aromatic nitrogens is 4. The van der Waals surface area contributed by atoms with E-state index < -0.39 is 46.8 Å². The standard InChI is InChI=1S/C21H17ClF2N4O6S/c1-35(31,32)12-3-4-14(22)13(7-12)18-17-19(28-27-18)25-21(26-20(17)33-9-11(30)8-29)34-16-5-2-10(23)6-15(16)24/h2-7,11,29-30H,8-9H2,1H3,(H,25,26,27,28)/t11-/m1/s1. The average molecular weight is 527 g/mol. The van der Waals surface area contributed by atoms with Crippen LogP contribution >= 0.6 is 11.6 Å². The van der Waals surface area contributed by atoms with Crippen LogP contribution in [0.1, 0.15) is 0 Å². The molecule has 2 aromatic heterocycles. The molecule has 0 saturated carbocycles. The molecule has 0 amide bonds. The molecule has 184 valence electrons. The number of hydrogen-bond donors (Lipinski definition) is 3. The normalized spacial score (nSPS) is 12.6. The number of ether oxygens (including phenoxy) is 2. The number of halogens is 3. The Morgan fingerprint density at radius 1 is 1.17 bits per heavy atom. The minimum Gasteiger partial charge on any atom is -0.474 e. The molecule has 4 rings (SSSR count). The fraction of sp³-hybridized carbons (Fsp3) is 0.190. The Hall–Kier alpha value is -3.39. The van der Waals surface area contributed by atoms with Crippen LogP contribution in [0.3, 0.4) is 0 Å². The van der Waals surface area contributed by atoms with Gasteiger partial charge in [-0.2, -0.15) is 15.1 Å². The molecule has 1 atom stereocenters. The van der Waals surface area contributed by atoms with Crippen LogP contribution in [0.15, 0.2) is 41.3 Å². The highest BCUT2D eigenvalue weighted by molar-refractivity contribution is 7.90. The Kier molecular flexibility index (Phi) is 6.85. The molecular weight excluding hydrogens is 510 g/mol. The van der Waals surface area contributed by atoms with Gasteiger partial charge in [0.05, 0.1) is 22.2 Å². The van der Waals surface area contributed by atoms with E-state index in [-0.39, 0.29) is 43.8 Å². The van der Waals surface area contributed by atoms with Crippen molar-refractivity contribution in [3.05, 3.63) is 53.1 Å². The first-order valence-corrected chi connectivity index (χ1v) is 12.1. The molecule has 0 bridgehead atoms. The molecule has 0 fully saturated rings. The second-order valence-corrected chi connectivity index (χ2v) is 9.77. The zero-order chi connectivity index (χ0) is 25.3. The van der Waals surface area contributed by atoms with E-state index in [4.69, 9.17) is 26.2 Å². The van der Waals surface area contributed by atoms with Gasteiger partial charge in [0.1, 0.15) is 23.9 Å². The third kappa shape index (κ3) is 5.32. The van der Waals surface area contributed by atoms with Gasteiger partial charge in [0.15, 0.2) is 27.1 Å². The number of H-pyrrole nitrogens is 1. The quantitative estimate of drug-likeness (QED) is 0.315. The van der Waals surface area contributed by atoms with Crippen LogP contribution in [0.25, 0.3) is 22.3 Å². The van der Waals surface area contributed by atoms with Gasteiger partial charge in [-0.05, 0) is 30.3 Å². The third-order valence-corrected chi connectivity index (χ3v) is 6.15. The van der Waals surface area contributed by atoms with Crippen molar-refractivity contribution in [2.45, 2.75) is 11.0 Å². The highest BCUT2D eigenvalue weighted by atomic mass is 35.5. The molecule has 0 unspecified atom stereocenters. The molecule has 35 heavy (non-hydrogen) atoms. The zero-order valence-electron chi connectivity index (χ0n) is 17.9. The summed E-state index contributed by atoms with van der Waals surface area (Å²) in [7, 11) is -3.57. The van der Waals surface area contributed by atoms with Crippen molar-refractivity contribution in [1.29, 1.82) is 0 Å². The van der Waals surface area contributed by atoms with E-state index >= 15 is 0 Å². The number of rotatable bonds is 8. The van der Waals surface area contributed by atoms with Crippen LogP contribution in [0.4, 0.5) is 8.78 Å². The molecule has 0 aliphatic heterocycles. The number of aromatic amines is 1. The van der Waals surface area contributed by atoms with Gasteiger partial charge in [0, 0.05) is 17.9 Å². The Morgan fingerprint density at radius 2 is 1.94 bits per heavy atom. The molecule has 0 saturated heterocycles. The Bertz CT molecular complexity index is 1520. The summed E-state index contributed by atoms with van der Waals surface area (Å²) >= 11 is 6.31. The van der Waals surface area contributed by atoms with E-state index in [1.54, 1.807) is 0 Å². The summed E-state index contributed by atoms with van der Waals surface area (Å²) in [6, 6.07) is 6.29. The van der Waals surface area contributed by atoms with Gasteiger partial charge in [-0.15, -0.1) is 0 Å². The van der Waals surface area contributed by atoms with E-state index in [1.807, 2.05) is 0 Å². The number of hydrogen-bond acceptors (Lipinski definition) is 9. The highest BCUT2D eigenvalue weighted by Crippen LogP contribution is 2.38. The largest absolute Gasteiger partial charge is 0.474 e. The number of nitrogens with zero attached hydrogens (tertiary/aromatic N) is 3. The average Bonchev–Trinajstić information content (AvgIpc) is 3.22. The van der Waals surface area contributed by atoms with Crippen molar-refractivity contribution in [2.75, 3.05) is 19.5 Å². The number of aliphatic hydroxyl groups is 2. The van der Waals surface area contributed by atoms with Gasteiger partial charge >= 0.3 is 6.01 Å². The van der Waals surface area contributed by atoms with Crippen molar-refractivity contribution >= 4 is 32.5 Å². The van der Waals surface area contributed by atoms with Crippen molar-refractivity contribution in [2.24, 2.45) is 0 Å². The SMILES string of the molecule is CS(=O)(=O)c1ccc(Cl)c(-c2[nH]nc3nc(Oc4ccc(F)cc4F)nc(OC[C@H](O)CO)c23)c1. The molecule has 3 N–H and O–H groups in total. The minimum absolute atomic E-state index is 0.00882. The molecule has 2 heterocycles. The summed E-state index contributed by atoms with van der Waals surface area (Å²) in [5.74, 6) is -2.37. The minimum atomic E-state index is -3.57. The van der Waals surface area contributed by atoms with E-state index in [9.17, 15) is 22.3 Å². The number of benzene rings is 2. The molecule has 14 heteroatoms. The maximum atomic E-state index is 14.1. The zero-order valence-corrected chi connectivity index (χ0v) is 19.4. The lowest BCUT2D eigenvalue weighted by atomic mass is 10.1. The van der Waals surface area contributed by atoms with Crippen LogP contribution < -0.4 is 9.47 Å². The smallest absolute Gasteiger partial charge is 0.327 e. The predicted molar refractivity (Wildman–Crippen MR) is 120 cm³/mol. The molecular formula is C21H17ClF2N4O6S. The van der Waals surface area contributed by atoms with Crippen LogP contribution in [0, 0.1) is 11.6 Å². The second kappa shape index (κ2) is 9.70. The lowest BCUT2D eigenvalue weighted by Gasteiger charge is -2.12. The summed E-state index contributed by atoms with van der Waals surface area (Å²) in [6.07, 6.45) is -0.219. The van der Waals surface area contributed by atoms with Gasteiger partial charge in [0.25, 0.3) is 0 Å². The Labute approximate surface area is 202 Å². The molecule has 0 aliphatic rings. The van der Waals surface area contributed by atoms with Gasteiger partial charge in [0.2, 0.25) is 5.88 Å². The third-order valence-electron chi connectivity index (χ3n) is 4.71. The monoisotopic (exact) mass is 526 g/mol. The highest BCUT2D eigenvalue weighted by Gasteiger charge is 2.23. The van der Waals surface area contributed by atoms with Gasteiger partial charge in [-0.25, -0.2) is 17.2 Å². The van der Waals surface area contributed by atoms with Crippen LogP contribution in [0.5, 0.6) is 17.6 Å². The molecule has 0 spiro atoms. The van der Waals surface area contributed by atoms with Gasteiger partial charge in [-0.3, -0.25) is 5.10 Å².